The Balaban J connectivity index is 1.25. The number of hydrogen-bond acceptors (Lipinski definition) is 5. The predicted octanol–water partition coefficient (Wildman–Crippen LogP) is 4.80. The van der Waals surface area contributed by atoms with Gasteiger partial charge in [-0.15, -0.1) is 11.3 Å². The van der Waals surface area contributed by atoms with Crippen molar-refractivity contribution < 1.29 is 4.79 Å². The summed E-state index contributed by atoms with van der Waals surface area (Å²) in [7, 11) is 0. The molecule has 5 rings (SSSR count). The van der Waals surface area contributed by atoms with Gasteiger partial charge in [-0.2, -0.15) is 5.10 Å². The number of benzene rings is 2. The summed E-state index contributed by atoms with van der Waals surface area (Å²) in [5.74, 6) is 0.734. The van der Waals surface area contributed by atoms with Crippen LogP contribution in [0.15, 0.2) is 84.8 Å². The monoisotopic (exact) mass is 440 g/mol. The third-order valence-corrected chi connectivity index (χ3v) is 5.97. The number of carbonyl (C=O) groups is 1. The second kappa shape index (κ2) is 8.60. The van der Waals surface area contributed by atoms with E-state index < -0.39 is 0 Å². The molecule has 5 aromatic rings. The van der Waals surface area contributed by atoms with Gasteiger partial charge < -0.3 is 9.88 Å². The molecule has 0 spiro atoms. The lowest BCUT2D eigenvalue weighted by Gasteiger charge is -2.07. The summed E-state index contributed by atoms with van der Waals surface area (Å²) in [5, 5.41) is 9.84. The molecule has 0 atom stereocenters. The van der Waals surface area contributed by atoms with Gasteiger partial charge in [-0.25, -0.2) is 14.6 Å². The third kappa shape index (κ3) is 4.21. The summed E-state index contributed by atoms with van der Waals surface area (Å²) in [5.41, 5.74) is 4.09. The first-order chi connectivity index (χ1) is 15.7. The third-order valence-electron chi connectivity index (χ3n) is 5.08. The van der Waals surface area contributed by atoms with Crippen molar-refractivity contribution in [1.82, 2.24) is 24.3 Å². The number of anilines is 1. The molecule has 0 bridgehead atoms. The Morgan fingerprint density at radius 2 is 1.91 bits per heavy atom. The van der Waals surface area contributed by atoms with Crippen LogP contribution in [0.5, 0.6) is 0 Å². The van der Waals surface area contributed by atoms with E-state index in [4.69, 9.17) is 0 Å². The lowest BCUT2D eigenvalue weighted by molar-refractivity contribution is 0.102. The van der Waals surface area contributed by atoms with Gasteiger partial charge >= 0.3 is 0 Å². The van der Waals surface area contributed by atoms with Crippen LogP contribution in [0.4, 0.5) is 5.69 Å². The highest BCUT2D eigenvalue weighted by Crippen LogP contribution is 2.25. The largest absolute Gasteiger partial charge is 0.331 e. The average Bonchev–Trinajstić information content (AvgIpc) is 3.57. The molecule has 0 unspecified atom stereocenters. The summed E-state index contributed by atoms with van der Waals surface area (Å²) >= 11 is 1.42. The zero-order chi connectivity index (χ0) is 21.9. The van der Waals surface area contributed by atoms with Gasteiger partial charge in [0, 0.05) is 41.8 Å². The zero-order valence-corrected chi connectivity index (χ0v) is 18.2. The molecule has 0 aliphatic rings. The van der Waals surface area contributed by atoms with E-state index in [1.165, 1.54) is 11.3 Å². The molecule has 0 saturated carbocycles. The number of para-hydroxylation sites is 1. The van der Waals surface area contributed by atoms with Gasteiger partial charge in [0.25, 0.3) is 5.91 Å². The van der Waals surface area contributed by atoms with E-state index in [2.05, 4.69) is 25.0 Å². The number of carbonyl (C=O) groups excluding carboxylic acids is 1. The molecule has 32 heavy (non-hydrogen) atoms. The fraction of sp³-hybridized carbons (Fsp3) is 0.0833. The van der Waals surface area contributed by atoms with E-state index in [9.17, 15) is 4.79 Å². The molecule has 1 N–H and O–H groups in total. The first kappa shape index (κ1) is 19.9. The van der Waals surface area contributed by atoms with Crippen molar-refractivity contribution >= 4 is 22.9 Å². The van der Waals surface area contributed by atoms with Crippen molar-refractivity contribution in [3.05, 3.63) is 102 Å². The smallest absolute Gasteiger partial charge is 0.275 e. The summed E-state index contributed by atoms with van der Waals surface area (Å²) < 4.78 is 3.87. The first-order valence-corrected chi connectivity index (χ1v) is 11.0. The van der Waals surface area contributed by atoms with Crippen molar-refractivity contribution in [3.8, 4) is 16.3 Å². The Morgan fingerprint density at radius 1 is 1.09 bits per heavy atom. The summed E-state index contributed by atoms with van der Waals surface area (Å²) in [6, 6.07) is 17.7. The average molecular weight is 441 g/mol. The van der Waals surface area contributed by atoms with Gasteiger partial charge in [-0.05, 0) is 36.8 Å². The van der Waals surface area contributed by atoms with Gasteiger partial charge in [0.05, 0.1) is 11.9 Å². The molecular formula is C24H20N6OS. The standard InChI is InChI=1S/C24H20N6OS/c1-17-25-11-12-29(17)14-18-7-9-20(10-8-18)27-23(31)22-16-32-24(28-22)19-13-26-30(15-19)21-5-3-2-4-6-21/h2-13,15-16H,14H2,1H3,(H,27,31). The summed E-state index contributed by atoms with van der Waals surface area (Å²) in [6.45, 7) is 2.72. The fourth-order valence-corrected chi connectivity index (χ4v) is 4.10. The molecule has 8 heteroatoms. The maximum atomic E-state index is 12.7. The highest BCUT2D eigenvalue weighted by Gasteiger charge is 2.14. The summed E-state index contributed by atoms with van der Waals surface area (Å²) in [4.78, 5) is 21.4. The Morgan fingerprint density at radius 3 is 2.66 bits per heavy atom. The molecule has 7 nitrogen and oxygen atoms in total. The number of aromatic nitrogens is 5. The van der Waals surface area contributed by atoms with Crippen molar-refractivity contribution in [2.24, 2.45) is 0 Å². The molecule has 3 heterocycles. The van der Waals surface area contributed by atoms with Crippen LogP contribution in [-0.4, -0.2) is 30.2 Å². The van der Waals surface area contributed by atoms with Crippen LogP contribution in [-0.2, 0) is 6.54 Å². The maximum absolute atomic E-state index is 12.7. The molecule has 0 aliphatic heterocycles. The van der Waals surface area contributed by atoms with E-state index in [0.717, 1.165) is 39.9 Å². The lowest BCUT2D eigenvalue weighted by atomic mass is 10.2. The number of nitrogens with one attached hydrogen (secondary N) is 1. The molecular weight excluding hydrogens is 420 g/mol. The molecule has 3 aromatic heterocycles. The lowest BCUT2D eigenvalue weighted by Crippen LogP contribution is -2.12. The molecule has 0 aliphatic carbocycles. The van der Waals surface area contributed by atoms with E-state index in [1.807, 2.05) is 73.9 Å². The number of nitrogens with zero attached hydrogens (tertiary/aromatic N) is 5. The highest BCUT2D eigenvalue weighted by atomic mass is 32.1. The predicted molar refractivity (Wildman–Crippen MR) is 125 cm³/mol. The van der Waals surface area contributed by atoms with Crippen molar-refractivity contribution in [1.29, 1.82) is 0 Å². The zero-order valence-electron chi connectivity index (χ0n) is 17.3. The Kier molecular flexibility index (Phi) is 5.35. The Bertz CT molecular complexity index is 1350. The minimum Gasteiger partial charge on any atom is -0.331 e. The van der Waals surface area contributed by atoms with Gasteiger partial charge in [-0.3, -0.25) is 4.79 Å². The number of imidazole rings is 1. The highest BCUT2D eigenvalue weighted by molar-refractivity contribution is 7.13. The second-order valence-corrected chi connectivity index (χ2v) is 8.16. The van der Waals surface area contributed by atoms with Crippen molar-refractivity contribution in [3.63, 3.8) is 0 Å². The number of aryl methyl sites for hydroxylation is 1. The number of amides is 1. The fourth-order valence-electron chi connectivity index (χ4n) is 3.32. The molecule has 158 valence electrons. The van der Waals surface area contributed by atoms with Crippen LogP contribution >= 0.6 is 11.3 Å². The van der Waals surface area contributed by atoms with Crippen LogP contribution in [0.25, 0.3) is 16.3 Å². The van der Waals surface area contributed by atoms with Crippen LogP contribution in [0.2, 0.25) is 0 Å². The van der Waals surface area contributed by atoms with E-state index in [0.29, 0.717) is 5.69 Å². The molecule has 0 saturated heterocycles. The Hall–Kier alpha value is -4.04. The van der Waals surface area contributed by atoms with Crippen LogP contribution < -0.4 is 5.32 Å². The first-order valence-electron chi connectivity index (χ1n) is 10.1. The van der Waals surface area contributed by atoms with Gasteiger partial charge in [0.1, 0.15) is 16.5 Å². The van der Waals surface area contributed by atoms with Crippen molar-refractivity contribution in [2.75, 3.05) is 5.32 Å². The van der Waals surface area contributed by atoms with E-state index in [-0.39, 0.29) is 5.91 Å². The van der Waals surface area contributed by atoms with Gasteiger partial charge in [0.2, 0.25) is 0 Å². The molecule has 0 radical (unpaired) electrons. The molecule has 0 fully saturated rings. The van der Waals surface area contributed by atoms with Crippen molar-refractivity contribution in [2.45, 2.75) is 13.5 Å². The van der Waals surface area contributed by atoms with Crippen LogP contribution in [0, 0.1) is 6.92 Å². The maximum Gasteiger partial charge on any atom is 0.275 e. The quantitative estimate of drug-likeness (QED) is 0.411. The SMILES string of the molecule is Cc1nccn1Cc1ccc(NC(=O)c2csc(-c3cnn(-c4ccccc4)c3)n2)cc1. The summed E-state index contributed by atoms with van der Waals surface area (Å²) in [6.07, 6.45) is 7.41. The van der Waals surface area contributed by atoms with Gasteiger partial charge in [0.15, 0.2) is 0 Å². The number of rotatable bonds is 6. The van der Waals surface area contributed by atoms with Crippen LogP contribution in [0.3, 0.4) is 0 Å². The van der Waals surface area contributed by atoms with Crippen LogP contribution in [0.1, 0.15) is 21.9 Å². The topological polar surface area (TPSA) is 77.6 Å². The number of thiazole rings is 1. The molecule has 2 aromatic carbocycles. The normalized spacial score (nSPS) is 10.9. The van der Waals surface area contributed by atoms with E-state index in [1.54, 1.807) is 22.5 Å². The number of hydrogen-bond donors (Lipinski definition) is 1. The molecule has 1 amide bonds. The van der Waals surface area contributed by atoms with E-state index >= 15 is 0 Å². The second-order valence-electron chi connectivity index (χ2n) is 7.30. The Labute approximate surface area is 189 Å². The minimum absolute atomic E-state index is 0.235. The van der Waals surface area contributed by atoms with Gasteiger partial charge in [-0.1, -0.05) is 30.3 Å². The minimum atomic E-state index is -0.235.